The third-order valence-corrected chi connectivity index (χ3v) is 9.47. The number of ether oxygens (including phenoxy) is 1. The number of piperidine rings is 1. The predicted molar refractivity (Wildman–Crippen MR) is 174 cm³/mol. The first-order valence-corrected chi connectivity index (χ1v) is 15.9. The first kappa shape index (κ1) is 28.0. The van der Waals surface area contributed by atoms with E-state index in [9.17, 15) is 4.39 Å². The number of para-hydroxylation sites is 2. The zero-order valence-corrected chi connectivity index (χ0v) is 25.8. The number of nitrogens with zero attached hydrogens (tertiary/aromatic N) is 4. The number of rotatable bonds is 7. The fourth-order valence-corrected chi connectivity index (χ4v) is 6.87. The maximum Gasteiger partial charge on any atom is 0.159 e. The smallest absolute Gasteiger partial charge is 0.159 e. The van der Waals surface area contributed by atoms with Crippen LogP contribution in [0.5, 0.6) is 5.75 Å². The van der Waals surface area contributed by atoms with Crippen molar-refractivity contribution in [3.05, 3.63) is 114 Å². The minimum Gasteiger partial charge on any atom is -0.496 e. The van der Waals surface area contributed by atoms with E-state index in [-0.39, 0.29) is 5.52 Å². The Balaban J connectivity index is 1.28. The quantitative estimate of drug-likeness (QED) is 0.105. The highest BCUT2D eigenvalue weighted by Crippen LogP contribution is 2.36. The molecule has 6 aromatic rings. The summed E-state index contributed by atoms with van der Waals surface area (Å²) < 4.78 is 39.1. The van der Waals surface area contributed by atoms with E-state index in [0.29, 0.717) is 34.0 Å². The van der Waals surface area contributed by atoms with Gasteiger partial charge in [-0.2, -0.15) is 5.10 Å². The van der Waals surface area contributed by atoms with Crippen molar-refractivity contribution in [1.82, 2.24) is 24.6 Å². The topological polar surface area (TPSA) is 59.0 Å². The first-order chi connectivity index (χ1) is 21.0. The predicted octanol–water partition coefficient (Wildman–Crippen LogP) is 8.08. The highest BCUT2D eigenvalue weighted by Gasteiger charge is 2.27. The molecule has 1 atom stereocenters. The molecular formula is C34H30F2IN5O. The van der Waals surface area contributed by atoms with Crippen LogP contribution in [0.2, 0.25) is 0 Å². The molecule has 43 heavy (non-hydrogen) atoms. The molecule has 2 aromatic heterocycles. The molecule has 1 saturated heterocycles. The summed E-state index contributed by atoms with van der Waals surface area (Å²) in [7, 11) is 1.54. The van der Waals surface area contributed by atoms with Crippen molar-refractivity contribution >= 4 is 44.5 Å². The average molecular weight is 690 g/mol. The molecule has 0 spiro atoms. The Morgan fingerprint density at radius 1 is 1.00 bits per heavy atom. The van der Waals surface area contributed by atoms with Crippen LogP contribution in [-0.2, 0) is 0 Å². The van der Waals surface area contributed by atoms with Crippen LogP contribution in [0, 0.1) is 11.6 Å². The van der Waals surface area contributed by atoms with Gasteiger partial charge in [0.1, 0.15) is 28.9 Å². The molecule has 7 rings (SSSR count). The van der Waals surface area contributed by atoms with Crippen molar-refractivity contribution in [3.8, 4) is 16.9 Å². The standard InChI is InChI=1S/C34H30F2IN5O/c1-43-30-13-11-25(35)18-27(30)33(34-38-28-4-2-3-5-29(28)39-34)42-19-24-10-12-26(31(36)32(24)40-42)23-8-6-21(7-9-23)22-14-16-41(20-37)17-15-22/h2-13,18-19,22,33H,14-17,20H2,1H3,(H,38,39). The second-order valence-electron chi connectivity index (χ2n) is 11.0. The molecule has 1 aliphatic heterocycles. The number of aromatic nitrogens is 4. The van der Waals surface area contributed by atoms with Gasteiger partial charge in [-0.3, -0.25) is 9.58 Å². The number of alkyl halides is 1. The highest BCUT2D eigenvalue weighted by atomic mass is 127. The molecule has 0 radical (unpaired) electrons. The van der Waals surface area contributed by atoms with E-state index in [4.69, 9.17) is 14.8 Å². The number of likely N-dealkylation sites (tertiary alicyclic amines) is 1. The van der Waals surface area contributed by atoms with Crippen molar-refractivity contribution in [2.24, 2.45) is 0 Å². The summed E-state index contributed by atoms with van der Waals surface area (Å²) in [6.07, 6.45) is 4.06. The molecule has 218 valence electrons. The molecule has 1 unspecified atom stereocenters. The SMILES string of the molecule is COc1ccc(F)cc1C(c1nc2ccccc2[nH]1)n1cc2ccc(-c3ccc(C4CCN(CI)CC4)cc3)c(F)c2n1. The average Bonchev–Trinajstić information content (AvgIpc) is 3.67. The Morgan fingerprint density at radius 3 is 2.53 bits per heavy atom. The van der Waals surface area contributed by atoms with Gasteiger partial charge in [0.15, 0.2) is 5.82 Å². The van der Waals surface area contributed by atoms with E-state index in [0.717, 1.165) is 47.1 Å². The molecule has 6 nitrogen and oxygen atoms in total. The maximum atomic E-state index is 16.2. The number of benzene rings is 4. The van der Waals surface area contributed by atoms with Gasteiger partial charge in [0.05, 0.1) is 22.7 Å². The Bertz CT molecular complexity index is 1880. The van der Waals surface area contributed by atoms with Crippen LogP contribution in [-0.4, -0.2) is 49.4 Å². The van der Waals surface area contributed by atoms with Crippen LogP contribution in [0.15, 0.2) is 85.1 Å². The van der Waals surface area contributed by atoms with Gasteiger partial charge >= 0.3 is 0 Å². The van der Waals surface area contributed by atoms with Gasteiger partial charge in [0.2, 0.25) is 0 Å². The maximum absolute atomic E-state index is 16.2. The van der Waals surface area contributed by atoms with E-state index in [1.165, 1.54) is 24.8 Å². The second-order valence-corrected chi connectivity index (χ2v) is 11.7. The van der Waals surface area contributed by atoms with Gasteiger partial charge < -0.3 is 9.72 Å². The number of hydrogen-bond acceptors (Lipinski definition) is 4. The number of hydrogen-bond donors (Lipinski definition) is 1. The van der Waals surface area contributed by atoms with Crippen LogP contribution in [0.1, 0.15) is 41.8 Å². The lowest BCUT2D eigenvalue weighted by molar-refractivity contribution is 0.251. The molecule has 0 bridgehead atoms. The third-order valence-electron chi connectivity index (χ3n) is 8.50. The highest BCUT2D eigenvalue weighted by molar-refractivity contribution is 14.1. The fourth-order valence-electron chi connectivity index (χ4n) is 6.18. The summed E-state index contributed by atoms with van der Waals surface area (Å²) >= 11 is 2.42. The Labute approximate surface area is 261 Å². The largest absolute Gasteiger partial charge is 0.496 e. The number of fused-ring (bicyclic) bond motifs is 2. The summed E-state index contributed by atoms with van der Waals surface area (Å²) in [5, 5.41) is 5.37. The van der Waals surface area contributed by atoms with Crippen LogP contribution in [0.4, 0.5) is 8.78 Å². The molecule has 1 fully saturated rings. The van der Waals surface area contributed by atoms with Gasteiger partial charge in [-0.15, -0.1) is 0 Å². The van der Waals surface area contributed by atoms with E-state index < -0.39 is 17.7 Å². The number of methoxy groups -OCH3 is 1. The van der Waals surface area contributed by atoms with Gasteiger partial charge in [-0.25, -0.2) is 13.8 Å². The minimum atomic E-state index is -0.689. The summed E-state index contributed by atoms with van der Waals surface area (Å²) in [5.41, 5.74) is 4.97. The summed E-state index contributed by atoms with van der Waals surface area (Å²) in [6.45, 7) is 2.22. The zero-order chi connectivity index (χ0) is 29.5. The van der Waals surface area contributed by atoms with Gasteiger partial charge in [-0.05, 0) is 73.3 Å². The lowest BCUT2D eigenvalue weighted by atomic mass is 9.88. The van der Waals surface area contributed by atoms with E-state index in [1.54, 1.807) is 23.0 Å². The van der Waals surface area contributed by atoms with Gasteiger partial charge in [0.25, 0.3) is 0 Å². The lowest BCUT2D eigenvalue weighted by Crippen LogP contribution is -2.31. The van der Waals surface area contributed by atoms with E-state index in [2.05, 4.69) is 44.6 Å². The lowest BCUT2D eigenvalue weighted by Gasteiger charge is -2.30. The summed E-state index contributed by atoms with van der Waals surface area (Å²) in [5.74, 6) is 0.743. The monoisotopic (exact) mass is 689 g/mol. The molecule has 9 heteroatoms. The van der Waals surface area contributed by atoms with Crippen LogP contribution >= 0.6 is 22.6 Å². The number of nitrogens with one attached hydrogen (secondary N) is 1. The molecule has 1 aliphatic rings. The van der Waals surface area contributed by atoms with Crippen molar-refractivity contribution in [3.63, 3.8) is 0 Å². The van der Waals surface area contributed by atoms with Gasteiger partial charge in [0, 0.05) is 22.7 Å². The number of halogens is 3. The molecule has 0 saturated carbocycles. The van der Waals surface area contributed by atoms with Crippen molar-refractivity contribution in [1.29, 1.82) is 0 Å². The minimum absolute atomic E-state index is 0.240. The molecule has 0 aliphatic carbocycles. The number of aromatic amines is 1. The molecular weight excluding hydrogens is 659 g/mol. The van der Waals surface area contributed by atoms with Crippen molar-refractivity contribution < 1.29 is 13.5 Å². The van der Waals surface area contributed by atoms with E-state index >= 15 is 4.39 Å². The van der Waals surface area contributed by atoms with Gasteiger partial charge in [-0.1, -0.05) is 71.1 Å². The fraction of sp³-hybridized carbons (Fsp3) is 0.235. The number of imidazole rings is 1. The van der Waals surface area contributed by atoms with Crippen LogP contribution in [0.3, 0.4) is 0 Å². The van der Waals surface area contributed by atoms with Crippen molar-refractivity contribution in [2.75, 3.05) is 24.8 Å². The zero-order valence-electron chi connectivity index (χ0n) is 23.6. The molecule has 3 heterocycles. The molecule has 1 N–H and O–H groups in total. The van der Waals surface area contributed by atoms with Crippen molar-refractivity contribution in [2.45, 2.75) is 24.8 Å². The van der Waals surface area contributed by atoms with E-state index in [1.807, 2.05) is 42.5 Å². The third kappa shape index (κ3) is 5.29. The Morgan fingerprint density at radius 2 is 1.79 bits per heavy atom. The normalized spacial score (nSPS) is 15.3. The van der Waals surface area contributed by atoms with Crippen LogP contribution in [0.25, 0.3) is 33.1 Å². The second kappa shape index (κ2) is 11.7. The molecule has 4 aromatic carbocycles. The summed E-state index contributed by atoms with van der Waals surface area (Å²) in [6, 6.07) is 23.3. The molecule has 0 amide bonds. The Hall–Kier alpha value is -3.83. The van der Waals surface area contributed by atoms with Crippen LogP contribution < -0.4 is 4.74 Å². The number of H-pyrrole nitrogens is 1. The summed E-state index contributed by atoms with van der Waals surface area (Å²) in [4.78, 5) is 10.6. The Kier molecular flexibility index (Phi) is 7.60. The first-order valence-electron chi connectivity index (χ1n) is 14.4.